The second-order valence-corrected chi connectivity index (χ2v) is 7.40. The average molecular weight is 345 g/mol. The van der Waals surface area contributed by atoms with Crippen molar-refractivity contribution >= 4 is 17.8 Å². The normalized spacial score (nSPS) is 21.8. The Labute approximate surface area is 149 Å². The lowest BCUT2D eigenvalue weighted by Gasteiger charge is -2.31. The van der Waals surface area contributed by atoms with Crippen LogP contribution in [0, 0.1) is 11.8 Å². The minimum Gasteiger partial charge on any atom is -0.447 e. The molecular formula is C19H27N3O3. The summed E-state index contributed by atoms with van der Waals surface area (Å²) in [7, 11) is 0. The third-order valence-corrected chi connectivity index (χ3v) is 5.27. The highest BCUT2D eigenvalue weighted by Gasteiger charge is 2.37. The Balaban J connectivity index is 1.68. The molecule has 2 amide bonds. The molecule has 0 bridgehead atoms. The maximum absolute atomic E-state index is 12.1. The van der Waals surface area contributed by atoms with Crippen LogP contribution in [0.2, 0.25) is 0 Å². The van der Waals surface area contributed by atoms with Crippen LogP contribution in [0.1, 0.15) is 39.3 Å². The van der Waals surface area contributed by atoms with Crippen LogP contribution in [-0.4, -0.2) is 47.6 Å². The quantitative estimate of drug-likeness (QED) is 0.842. The SMILES string of the molecule is CC(=O)N1CCC(Cc2cccc(N3C(=O)OC[C@H]3C(C)C)n2)CC1. The molecule has 6 nitrogen and oxygen atoms in total. The first-order chi connectivity index (χ1) is 12.0. The van der Waals surface area contributed by atoms with Gasteiger partial charge in [-0.15, -0.1) is 0 Å². The van der Waals surface area contributed by atoms with Gasteiger partial charge in [-0.3, -0.25) is 9.69 Å². The Morgan fingerprint density at radius 3 is 2.68 bits per heavy atom. The van der Waals surface area contributed by atoms with Gasteiger partial charge in [-0.25, -0.2) is 9.78 Å². The van der Waals surface area contributed by atoms with Gasteiger partial charge in [-0.2, -0.15) is 0 Å². The van der Waals surface area contributed by atoms with Gasteiger partial charge in [0.05, 0.1) is 6.04 Å². The third kappa shape index (κ3) is 3.94. The molecule has 2 saturated heterocycles. The summed E-state index contributed by atoms with van der Waals surface area (Å²) < 4.78 is 5.23. The van der Waals surface area contributed by atoms with E-state index in [1.165, 1.54) is 0 Å². The molecule has 1 aromatic rings. The molecule has 1 aromatic heterocycles. The Hall–Kier alpha value is -2.11. The Morgan fingerprint density at radius 1 is 1.32 bits per heavy atom. The summed E-state index contributed by atoms with van der Waals surface area (Å²) in [5, 5.41) is 0. The van der Waals surface area contributed by atoms with Crippen LogP contribution in [0.15, 0.2) is 18.2 Å². The molecule has 0 saturated carbocycles. The molecule has 25 heavy (non-hydrogen) atoms. The number of hydrogen-bond donors (Lipinski definition) is 0. The van der Waals surface area contributed by atoms with Crippen molar-refractivity contribution in [2.45, 2.75) is 46.1 Å². The number of carbonyl (C=O) groups excluding carboxylic acids is 2. The van der Waals surface area contributed by atoms with E-state index in [2.05, 4.69) is 13.8 Å². The molecule has 0 spiro atoms. The van der Waals surface area contributed by atoms with E-state index in [0.717, 1.165) is 38.0 Å². The van der Waals surface area contributed by atoms with Gasteiger partial charge in [-0.1, -0.05) is 19.9 Å². The van der Waals surface area contributed by atoms with Crippen LogP contribution >= 0.6 is 0 Å². The lowest BCUT2D eigenvalue weighted by Crippen LogP contribution is -2.38. The molecule has 2 fully saturated rings. The molecule has 3 rings (SSSR count). The highest BCUT2D eigenvalue weighted by atomic mass is 16.6. The smallest absolute Gasteiger partial charge is 0.415 e. The summed E-state index contributed by atoms with van der Waals surface area (Å²) >= 11 is 0. The second-order valence-electron chi connectivity index (χ2n) is 7.40. The molecule has 0 radical (unpaired) electrons. The van der Waals surface area contributed by atoms with E-state index in [9.17, 15) is 9.59 Å². The van der Waals surface area contributed by atoms with Gasteiger partial charge in [0.25, 0.3) is 0 Å². The average Bonchev–Trinajstić information content (AvgIpc) is 2.97. The molecule has 3 heterocycles. The van der Waals surface area contributed by atoms with E-state index in [-0.39, 0.29) is 18.0 Å². The van der Waals surface area contributed by atoms with Gasteiger partial charge < -0.3 is 9.64 Å². The van der Waals surface area contributed by atoms with Crippen molar-refractivity contribution in [2.24, 2.45) is 11.8 Å². The van der Waals surface area contributed by atoms with Crippen LogP contribution in [0.5, 0.6) is 0 Å². The van der Waals surface area contributed by atoms with E-state index in [4.69, 9.17) is 9.72 Å². The van der Waals surface area contributed by atoms with Crippen molar-refractivity contribution in [2.75, 3.05) is 24.6 Å². The minimum atomic E-state index is -0.307. The van der Waals surface area contributed by atoms with Crippen LogP contribution in [0.4, 0.5) is 10.6 Å². The zero-order valence-corrected chi connectivity index (χ0v) is 15.3. The Morgan fingerprint density at radius 2 is 2.04 bits per heavy atom. The zero-order chi connectivity index (χ0) is 18.0. The topological polar surface area (TPSA) is 62.7 Å². The van der Waals surface area contributed by atoms with Crippen molar-refractivity contribution in [3.8, 4) is 0 Å². The predicted molar refractivity (Wildman–Crippen MR) is 95.4 cm³/mol. The third-order valence-electron chi connectivity index (χ3n) is 5.27. The number of carbonyl (C=O) groups is 2. The number of likely N-dealkylation sites (tertiary alicyclic amines) is 1. The summed E-state index contributed by atoms with van der Waals surface area (Å²) in [6, 6.07) is 5.90. The number of nitrogens with zero attached hydrogens (tertiary/aromatic N) is 3. The standard InChI is InChI=1S/C19H27N3O3/c1-13(2)17-12-25-19(24)22(17)18-6-4-5-16(20-18)11-15-7-9-21(10-8-15)14(3)23/h4-6,13,15,17H,7-12H2,1-3H3/t17-/m0/s1. The van der Waals surface area contributed by atoms with Crippen LogP contribution < -0.4 is 4.90 Å². The molecule has 0 aliphatic carbocycles. The number of ether oxygens (including phenoxy) is 1. The molecular weight excluding hydrogens is 318 g/mol. The first kappa shape index (κ1) is 17.7. The Bertz CT molecular complexity index is 639. The molecule has 6 heteroatoms. The molecule has 0 aromatic carbocycles. The van der Waals surface area contributed by atoms with E-state index >= 15 is 0 Å². The molecule has 1 atom stereocenters. The van der Waals surface area contributed by atoms with Gasteiger partial charge in [0, 0.05) is 25.7 Å². The highest BCUT2D eigenvalue weighted by Crippen LogP contribution is 2.27. The fourth-order valence-corrected chi connectivity index (χ4v) is 3.65. The summed E-state index contributed by atoms with van der Waals surface area (Å²) in [4.78, 5) is 31.9. The number of pyridine rings is 1. The van der Waals surface area contributed by atoms with E-state index < -0.39 is 0 Å². The fraction of sp³-hybridized carbons (Fsp3) is 0.632. The van der Waals surface area contributed by atoms with E-state index in [0.29, 0.717) is 24.3 Å². The number of rotatable bonds is 4. The van der Waals surface area contributed by atoms with Crippen molar-refractivity contribution in [3.05, 3.63) is 23.9 Å². The fourth-order valence-electron chi connectivity index (χ4n) is 3.65. The van der Waals surface area contributed by atoms with Gasteiger partial charge in [0.1, 0.15) is 12.4 Å². The van der Waals surface area contributed by atoms with Crippen molar-refractivity contribution in [3.63, 3.8) is 0 Å². The summed E-state index contributed by atoms with van der Waals surface area (Å²) in [5.41, 5.74) is 1.00. The predicted octanol–water partition coefficient (Wildman–Crippen LogP) is 2.86. The summed E-state index contributed by atoms with van der Waals surface area (Å²) in [6.07, 6.45) is 2.59. The number of cyclic esters (lactones) is 1. The number of amides is 2. The highest BCUT2D eigenvalue weighted by molar-refractivity contribution is 5.89. The van der Waals surface area contributed by atoms with Gasteiger partial charge >= 0.3 is 6.09 Å². The van der Waals surface area contributed by atoms with Crippen LogP contribution in [0.25, 0.3) is 0 Å². The van der Waals surface area contributed by atoms with Gasteiger partial charge in [0.15, 0.2) is 0 Å². The van der Waals surface area contributed by atoms with Gasteiger partial charge in [0.2, 0.25) is 5.91 Å². The van der Waals surface area contributed by atoms with Gasteiger partial charge in [-0.05, 0) is 43.2 Å². The van der Waals surface area contributed by atoms with Crippen molar-refractivity contribution in [1.82, 2.24) is 9.88 Å². The molecule has 2 aliphatic heterocycles. The largest absolute Gasteiger partial charge is 0.447 e. The number of anilines is 1. The van der Waals surface area contributed by atoms with Crippen LogP contribution in [0.3, 0.4) is 0 Å². The minimum absolute atomic E-state index is 0.0362. The summed E-state index contributed by atoms with van der Waals surface area (Å²) in [6.45, 7) is 7.89. The van der Waals surface area contributed by atoms with E-state index in [1.54, 1.807) is 11.8 Å². The Kier molecular flexibility index (Phi) is 5.25. The molecule has 136 valence electrons. The first-order valence-corrected chi connectivity index (χ1v) is 9.13. The monoisotopic (exact) mass is 345 g/mol. The zero-order valence-electron chi connectivity index (χ0n) is 15.3. The van der Waals surface area contributed by atoms with Crippen molar-refractivity contribution < 1.29 is 14.3 Å². The van der Waals surface area contributed by atoms with Crippen molar-refractivity contribution in [1.29, 1.82) is 0 Å². The summed E-state index contributed by atoms with van der Waals surface area (Å²) in [5.74, 6) is 1.68. The lowest BCUT2D eigenvalue weighted by molar-refractivity contribution is -0.130. The molecule has 2 aliphatic rings. The van der Waals surface area contributed by atoms with E-state index in [1.807, 2.05) is 23.1 Å². The maximum atomic E-state index is 12.1. The maximum Gasteiger partial charge on any atom is 0.415 e. The first-order valence-electron chi connectivity index (χ1n) is 9.13. The molecule has 0 N–H and O–H groups in total. The van der Waals surface area contributed by atoms with Crippen LogP contribution in [-0.2, 0) is 16.0 Å². The number of hydrogen-bond acceptors (Lipinski definition) is 4. The second kappa shape index (κ2) is 7.42. The lowest BCUT2D eigenvalue weighted by atomic mass is 9.92. The number of aromatic nitrogens is 1. The number of piperidine rings is 1. The molecule has 0 unspecified atom stereocenters.